The summed E-state index contributed by atoms with van der Waals surface area (Å²) in [5.74, 6) is 0. The van der Waals surface area contributed by atoms with Crippen molar-refractivity contribution in [1.82, 2.24) is 0 Å². The Kier molecular flexibility index (Phi) is 12.0. The van der Waals surface area contributed by atoms with Crippen molar-refractivity contribution in [2.24, 2.45) is 0 Å². The van der Waals surface area contributed by atoms with Crippen LogP contribution in [0.25, 0.3) is 0 Å². The molecule has 2 N–H and O–H groups in total. The molecule has 0 amide bonds. The van der Waals surface area contributed by atoms with Gasteiger partial charge in [0.15, 0.2) is 0 Å². The van der Waals surface area contributed by atoms with E-state index in [2.05, 4.69) is 20.8 Å². The van der Waals surface area contributed by atoms with E-state index in [4.69, 9.17) is 5.32 Å². The molecule has 0 aromatic carbocycles. The molecule has 0 radical (unpaired) electrons. The molecule has 0 heterocycles. The summed E-state index contributed by atoms with van der Waals surface area (Å²) in [5, 5.41) is 0. The van der Waals surface area contributed by atoms with Crippen molar-refractivity contribution < 1.29 is 33.7 Å². The Morgan fingerprint density at radius 2 is 1.24 bits per heavy atom. The first-order valence-electron chi connectivity index (χ1n) is 8.63. The van der Waals surface area contributed by atoms with Crippen LogP contribution in [0.4, 0.5) is 0 Å². The third-order valence-electron chi connectivity index (χ3n) is 3.70. The van der Waals surface area contributed by atoms with E-state index in [1.54, 1.807) is 0 Å². The number of unbranched alkanes of at least 4 members (excludes halogenated alkanes) is 3. The van der Waals surface area contributed by atoms with Crippen molar-refractivity contribution in [2.75, 3.05) is 0 Å². The van der Waals surface area contributed by atoms with Gasteiger partial charge in [-0.3, -0.25) is 0 Å². The Morgan fingerprint density at radius 1 is 0.857 bits per heavy atom. The van der Waals surface area contributed by atoms with E-state index in [0.29, 0.717) is 0 Å². The molecule has 0 aliphatic heterocycles. The molecular weight excluding hydrogens is 363 g/mol. The van der Waals surface area contributed by atoms with Gasteiger partial charge >= 0.3 is 139 Å². The average molecular weight is 400 g/mol. The predicted molar refractivity (Wildman–Crippen MR) is 86.6 cm³/mol. The van der Waals surface area contributed by atoms with Crippen LogP contribution in [0, 0.1) is 0 Å². The molecule has 0 spiro atoms. The monoisotopic (exact) mass is 398 g/mol. The Labute approximate surface area is 139 Å². The van der Waals surface area contributed by atoms with E-state index >= 15 is 0 Å². The summed E-state index contributed by atoms with van der Waals surface area (Å²) >= 11 is -4.79. The molecule has 128 valence electrons. The normalized spacial score (nSPS) is 13.1. The molecule has 0 unspecified atom stereocenters. The van der Waals surface area contributed by atoms with Crippen molar-refractivity contribution in [1.29, 1.82) is 0 Å². The molecule has 21 heavy (non-hydrogen) atoms. The summed E-state index contributed by atoms with van der Waals surface area (Å²) in [6, 6.07) is 3.10. The summed E-state index contributed by atoms with van der Waals surface area (Å²) in [6.07, 6.45) is 6.53. The van der Waals surface area contributed by atoms with Crippen LogP contribution < -0.4 is 0 Å². The molecule has 0 rings (SSSR count). The van der Waals surface area contributed by atoms with Gasteiger partial charge in [0, 0.05) is 0 Å². The summed E-state index contributed by atoms with van der Waals surface area (Å²) in [5.41, 5.74) is 0. The zero-order valence-corrected chi connectivity index (χ0v) is 18.1. The molecule has 0 aromatic heterocycles. The molecule has 0 aliphatic carbocycles. The van der Waals surface area contributed by atoms with E-state index in [1.165, 1.54) is 0 Å². The van der Waals surface area contributed by atoms with Crippen molar-refractivity contribution >= 4 is 8.32 Å². The van der Waals surface area contributed by atoms with Crippen molar-refractivity contribution in [3.63, 3.8) is 0 Å². The minimum atomic E-state index is -4.79. The fraction of sp³-hybridized carbons (Fsp3) is 1.00. The van der Waals surface area contributed by atoms with Gasteiger partial charge in [0.1, 0.15) is 0 Å². The van der Waals surface area contributed by atoms with Crippen LogP contribution in [0.1, 0.15) is 73.1 Å². The van der Waals surface area contributed by atoms with E-state index in [-0.39, 0.29) is 6.10 Å². The van der Waals surface area contributed by atoms with Crippen molar-refractivity contribution in [2.45, 2.75) is 97.4 Å². The van der Waals surface area contributed by atoms with Crippen LogP contribution >= 0.6 is 0 Å². The Bertz CT molecular complexity index is 240. The number of rotatable bonds is 13. The maximum atomic E-state index is 10.3. The maximum absolute atomic E-state index is 10.3. The molecule has 0 saturated carbocycles. The van der Waals surface area contributed by atoms with Crippen LogP contribution in [-0.4, -0.2) is 20.8 Å². The van der Waals surface area contributed by atoms with Gasteiger partial charge in [-0.1, -0.05) is 0 Å². The first-order valence-corrected chi connectivity index (χ1v) is 15.4. The molecule has 0 bridgehead atoms. The Morgan fingerprint density at radius 3 is 1.52 bits per heavy atom. The third kappa shape index (κ3) is 10.4. The van der Waals surface area contributed by atoms with Crippen LogP contribution in [-0.2, 0) is 27.3 Å². The zero-order chi connectivity index (χ0) is 16.4. The first-order chi connectivity index (χ1) is 9.81. The quantitative estimate of drug-likeness (QED) is 0.445. The first kappa shape index (κ1) is 21.9. The van der Waals surface area contributed by atoms with Crippen molar-refractivity contribution in [3.8, 4) is 0 Å². The van der Waals surface area contributed by atoms with Gasteiger partial charge in [0.25, 0.3) is 0 Å². The molecule has 4 nitrogen and oxygen atoms in total. The summed E-state index contributed by atoms with van der Waals surface area (Å²) in [4.78, 5) is 0. The van der Waals surface area contributed by atoms with E-state index in [9.17, 15) is 6.37 Å². The van der Waals surface area contributed by atoms with Crippen LogP contribution in [0.5, 0.6) is 0 Å². The van der Waals surface area contributed by atoms with Crippen LogP contribution in [0.15, 0.2) is 0 Å². The molecule has 0 fully saturated rings. The molecule has 0 saturated heterocycles. The van der Waals surface area contributed by atoms with Crippen molar-refractivity contribution in [3.05, 3.63) is 0 Å². The summed E-state index contributed by atoms with van der Waals surface area (Å²) in [6.45, 7) is 10.2. The summed E-state index contributed by atoms with van der Waals surface area (Å²) < 4.78 is 32.0. The van der Waals surface area contributed by atoms with Gasteiger partial charge in [0.05, 0.1) is 0 Å². The minimum absolute atomic E-state index is 0.189. The number of hydrogen-bond acceptors (Lipinski definition) is 4. The van der Waals surface area contributed by atoms with Gasteiger partial charge in [-0.2, -0.15) is 0 Å². The molecule has 0 atom stereocenters. The average Bonchev–Trinajstić information content (AvgIpc) is 2.38. The third-order valence-corrected chi connectivity index (χ3v) is 15.3. The molecule has 0 aliphatic rings. The number of hydrogen-bond donors (Lipinski definition) is 2. The zero-order valence-electron chi connectivity index (χ0n) is 14.7. The second-order valence-electron chi connectivity index (χ2n) is 6.31. The summed E-state index contributed by atoms with van der Waals surface area (Å²) in [7, 11) is -2.09. The van der Waals surface area contributed by atoms with Gasteiger partial charge in [-0.05, 0) is 0 Å². The standard InChI is InChI=1S/C12H27OSi.C3H7O.2H2O.Zr/c1-4-7-10-14(13,11-8-5-2)12-9-6-3;1-3(2)4;;;/h4-12H2,1-3H3;3H,1-2H3;2*1H2;/q2*-1;;;+4/p-2. The second kappa shape index (κ2) is 11.5. The Hall–Kier alpha value is 0.940. The Balaban J connectivity index is 5.00. The van der Waals surface area contributed by atoms with Crippen LogP contribution in [0.3, 0.4) is 0 Å². The molecular formula is C15H36O4SiZr. The van der Waals surface area contributed by atoms with Crippen LogP contribution in [0.2, 0.25) is 18.1 Å². The van der Waals surface area contributed by atoms with E-state index in [0.717, 1.165) is 56.7 Å². The van der Waals surface area contributed by atoms with Gasteiger partial charge < -0.3 is 0 Å². The second-order valence-corrected chi connectivity index (χ2v) is 15.2. The van der Waals surface area contributed by atoms with Gasteiger partial charge in [0.2, 0.25) is 0 Å². The molecule has 6 heteroatoms. The van der Waals surface area contributed by atoms with Gasteiger partial charge in [-0.15, -0.1) is 0 Å². The predicted octanol–water partition coefficient (Wildman–Crippen LogP) is 4.57. The topological polar surface area (TPSA) is 58.9 Å². The van der Waals surface area contributed by atoms with Gasteiger partial charge in [-0.25, -0.2) is 0 Å². The van der Waals surface area contributed by atoms with E-state index < -0.39 is 30.3 Å². The molecule has 0 aromatic rings. The SMILES string of the molecule is CCCC[Si](CCCC)(CCCC)[O][Zr]([OH])([OH])[O]C(C)C. The fourth-order valence-electron chi connectivity index (χ4n) is 2.64. The van der Waals surface area contributed by atoms with E-state index in [1.807, 2.05) is 13.8 Å². The fourth-order valence-corrected chi connectivity index (χ4v) is 15.6.